The SMILES string of the molecule is COC(C)(CCOC(C)(C)CCOC1C(C2COC(C)(C)O2)OC2OC(C)(C)OC21)CCC(C)C. The fraction of sp³-hybridized carbons (Fsp3) is 1.00. The van der Waals surface area contributed by atoms with Crippen LogP contribution in [0.25, 0.3) is 0 Å². The molecule has 3 saturated heterocycles. The lowest BCUT2D eigenvalue weighted by Gasteiger charge is -2.32. The van der Waals surface area contributed by atoms with Crippen LogP contribution in [-0.2, 0) is 37.9 Å². The van der Waals surface area contributed by atoms with Crippen LogP contribution < -0.4 is 0 Å². The molecule has 8 nitrogen and oxygen atoms in total. The molecule has 0 aromatic carbocycles. The van der Waals surface area contributed by atoms with Crippen molar-refractivity contribution in [3.8, 4) is 0 Å². The third kappa shape index (κ3) is 8.08. The van der Waals surface area contributed by atoms with E-state index < -0.39 is 17.9 Å². The predicted octanol–water partition coefficient (Wildman–Crippen LogP) is 4.82. The van der Waals surface area contributed by atoms with Crippen molar-refractivity contribution in [2.75, 3.05) is 26.9 Å². The molecule has 0 saturated carbocycles. The summed E-state index contributed by atoms with van der Waals surface area (Å²) < 4.78 is 48.7. The first-order chi connectivity index (χ1) is 16.1. The van der Waals surface area contributed by atoms with E-state index in [0.717, 1.165) is 25.7 Å². The van der Waals surface area contributed by atoms with E-state index in [0.29, 0.717) is 25.7 Å². The topological polar surface area (TPSA) is 73.8 Å². The van der Waals surface area contributed by atoms with E-state index in [2.05, 4.69) is 34.6 Å². The Morgan fingerprint density at radius 2 is 1.60 bits per heavy atom. The first kappa shape index (κ1) is 29.2. The van der Waals surface area contributed by atoms with Crippen molar-refractivity contribution in [1.29, 1.82) is 0 Å². The highest BCUT2D eigenvalue weighted by molar-refractivity contribution is 4.99. The molecule has 0 spiro atoms. The second-order valence-electron chi connectivity index (χ2n) is 12.5. The molecule has 3 fully saturated rings. The van der Waals surface area contributed by atoms with Gasteiger partial charge in [-0.1, -0.05) is 13.8 Å². The first-order valence-corrected chi connectivity index (χ1v) is 13.3. The zero-order valence-electron chi connectivity index (χ0n) is 23.7. The van der Waals surface area contributed by atoms with Crippen molar-refractivity contribution in [2.24, 2.45) is 5.92 Å². The molecular weight excluding hydrogens is 452 g/mol. The van der Waals surface area contributed by atoms with Gasteiger partial charge in [-0.15, -0.1) is 0 Å². The van der Waals surface area contributed by atoms with Crippen molar-refractivity contribution in [3.05, 3.63) is 0 Å². The average molecular weight is 503 g/mol. The smallest absolute Gasteiger partial charge is 0.190 e. The summed E-state index contributed by atoms with van der Waals surface area (Å²) in [5.41, 5.74) is -0.494. The molecule has 0 radical (unpaired) electrons. The van der Waals surface area contributed by atoms with Gasteiger partial charge < -0.3 is 37.9 Å². The molecule has 0 aliphatic carbocycles. The van der Waals surface area contributed by atoms with Crippen LogP contribution in [0, 0.1) is 5.92 Å². The van der Waals surface area contributed by atoms with Crippen LogP contribution in [0.1, 0.15) is 88.0 Å². The largest absolute Gasteiger partial charge is 0.378 e. The third-order valence-electron chi connectivity index (χ3n) is 7.31. The molecule has 3 aliphatic rings. The fourth-order valence-electron chi connectivity index (χ4n) is 4.85. The highest BCUT2D eigenvalue weighted by atomic mass is 16.8. The summed E-state index contributed by atoms with van der Waals surface area (Å²) in [5, 5.41) is 0. The van der Waals surface area contributed by atoms with Crippen LogP contribution in [0.4, 0.5) is 0 Å². The molecule has 6 unspecified atom stereocenters. The minimum absolute atomic E-state index is 0.163. The highest BCUT2D eigenvalue weighted by Gasteiger charge is 2.58. The molecule has 0 aromatic rings. The van der Waals surface area contributed by atoms with Crippen molar-refractivity contribution in [1.82, 2.24) is 0 Å². The zero-order chi connectivity index (χ0) is 26.1. The van der Waals surface area contributed by atoms with E-state index in [4.69, 9.17) is 37.9 Å². The number of rotatable bonds is 13. The quantitative estimate of drug-likeness (QED) is 0.355. The Morgan fingerprint density at radius 3 is 2.20 bits per heavy atom. The van der Waals surface area contributed by atoms with Gasteiger partial charge in [0.15, 0.2) is 17.9 Å². The Balaban J connectivity index is 1.51. The molecule has 0 aromatic heterocycles. The Bertz CT molecular complexity index is 678. The van der Waals surface area contributed by atoms with Gasteiger partial charge in [-0.2, -0.15) is 0 Å². The average Bonchev–Trinajstić information content (AvgIpc) is 3.35. The number of fused-ring (bicyclic) bond motifs is 1. The number of methoxy groups -OCH3 is 1. The van der Waals surface area contributed by atoms with Crippen molar-refractivity contribution in [2.45, 2.75) is 141 Å². The molecular formula is C27H50O8. The lowest BCUT2D eigenvalue weighted by atomic mass is 9.92. The Morgan fingerprint density at radius 1 is 0.886 bits per heavy atom. The molecule has 0 N–H and O–H groups in total. The van der Waals surface area contributed by atoms with Crippen LogP contribution in [0.15, 0.2) is 0 Å². The number of hydrogen-bond acceptors (Lipinski definition) is 8. The van der Waals surface area contributed by atoms with E-state index in [1.165, 1.54) is 0 Å². The summed E-state index contributed by atoms with van der Waals surface area (Å²) in [6, 6.07) is 0. The molecule has 8 heteroatoms. The standard InChI is InChI=1S/C27H50O8/c1-18(2)11-12-27(9,28-10)14-16-30-24(3,4)13-15-29-21-20(19-17-31-25(5,6)33-19)32-23-22(21)34-26(7,8)35-23/h18-23H,11-17H2,1-10H3. The maximum Gasteiger partial charge on any atom is 0.190 e. The minimum Gasteiger partial charge on any atom is -0.378 e. The summed E-state index contributed by atoms with van der Waals surface area (Å²) >= 11 is 0. The molecule has 3 heterocycles. The normalized spacial score (nSPS) is 33.9. The van der Waals surface area contributed by atoms with Crippen LogP contribution >= 0.6 is 0 Å². The predicted molar refractivity (Wildman–Crippen MR) is 132 cm³/mol. The highest BCUT2D eigenvalue weighted by Crippen LogP contribution is 2.42. The van der Waals surface area contributed by atoms with E-state index in [1.807, 2.05) is 27.7 Å². The van der Waals surface area contributed by atoms with Gasteiger partial charge in [-0.05, 0) is 80.1 Å². The maximum absolute atomic E-state index is 6.40. The van der Waals surface area contributed by atoms with Gasteiger partial charge in [-0.25, -0.2) is 0 Å². The van der Waals surface area contributed by atoms with Crippen LogP contribution in [0.5, 0.6) is 0 Å². The lowest BCUT2D eigenvalue weighted by Crippen LogP contribution is -2.44. The van der Waals surface area contributed by atoms with Gasteiger partial charge in [0, 0.05) is 13.7 Å². The van der Waals surface area contributed by atoms with Gasteiger partial charge in [0.2, 0.25) is 0 Å². The third-order valence-corrected chi connectivity index (χ3v) is 7.31. The first-order valence-electron chi connectivity index (χ1n) is 13.3. The van der Waals surface area contributed by atoms with Gasteiger partial charge in [0.1, 0.15) is 24.4 Å². The monoisotopic (exact) mass is 502 g/mol. The van der Waals surface area contributed by atoms with E-state index in [9.17, 15) is 0 Å². The van der Waals surface area contributed by atoms with Crippen molar-refractivity contribution in [3.63, 3.8) is 0 Å². The molecule has 35 heavy (non-hydrogen) atoms. The maximum atomic E-state index is 6.40. The Labute approximate surface area is 212 Å². The zero-order valence-corrected chi connectivity index (χ0v) is 23.7. The second-order valence-corrected chi connectivity index (χ2v) is 12.5. The number of hydrogen-bond donors (Lipinski definition) is 0. The van der Waals surface area contributed by atoms with Crippen LogP contribution in [0.2, 0.25) is 0 Å². The summed E-state index contributed by atoms with van der Waals surface area (Å²) in [5.74, 6) is -0.687. The summed E-state index contributed by atoms with van der Waals surface area (Å²) in [7, 11) is 1.79. The molecule has 0 amide bonds. The van der Waals surface area contributed by atoms with Gasteiger partial charge >= 0.3 is 0 Å². The van der Waals surface area contributed by atoms with Crippen LogP contribution in [0.3, 0.4) is 0 Å². The summed E-state index contributed by atoms with van der Waals surface area (Å²) in [4.78, 5) is 0. The summed E-state index contributed by atoms with van der Waals surface area (Å²) in [6.07, 6.45) is 2.11. The van der Waals surface area contributed by atoms with Gasteiger partial charge in [0.25, 0.3) is 0 Å². The van der Waals surface area contributed by atoms with Gasteiger partial charge in [-0.3, -0.25) is 0 Å². The Hall–Kier alpha value is -0.320. The van der Waals surface area contributed by atoms with Crippen molar-refractivity contribution >= 4 is 0 Å². The minimum atomic E-state index is -0.708. The van der Waals surface area contributed by atoms with E-state index in [1.54, 1.807) is 7.11 Å². The molecule has 3 aliphatic heterocycles. The van der Waals surface area contributed by atoms with E-state index >= 15 is 0 Å². The van der Waals surface area contributed by atoms with Crippen LogP contribution in [-0.4, -0.2) is 80.4 Å². The lowest BCUT2D eigenvalue weighted by molar-refractivity contribution is -0.236. The number of ether oxygens (including phenoxy) is 8. The van der Waals surface area contributed by atoms with E-state index in [-0.39, 0.29) is 35.6 Å². The van der Waals surface area contributed by atoms with Crippen molar-refractivity contribution < 1.29 is 37.9 Å². The summed E-state index contributed by atoms with van der Waals surface area (Å²) in [6.45, 7) is 20.1. The fourth-order valence-corrected chi connectivity index (χ4v) is 4.85. The van der Waals surface area contributed by atoms with Gasteiger partial charge in [0.05, 0.1) is 24.4 Å². The molecule has 206 valence electrons. The molecule has 6 atom stereocenters. The molecule has 3 rings (SSSR count). The second kappa shape index (κ2) is 11.2. The Kier molecular flexibility index (Phi) is 9.35. The molecule has 0 bridgehead atoms.